The highest BCUT2D eigenvalue weighted by Crippen LogP contribution is 2.42. The van der Waals surface area contributed by atoms with E-state index in [-0.39, 0.29) is 11.5 Å². The standard InChI is InChI=1S/C13H18O2/c1-13(2)7-6-12(14)10-8-9(15-3)4-5-11(10)13/h4-5,8,12,14H,6-7H2,1-3H3. The van der Waals surface area contributed by atoms with Crippen molar-refractivity contribution in [2.75, 3.05) is 7.11 Å². The first-order valence-corrected chi connectivity index (χ1v) is 5.41. The van der Waals surface area contributed by atoms with Crippen LogP contribution in [0.3, 0.4) is 0 Å². The van der Waals surface area contributed by atoms with Gasteiger partial charge in [-0.3, -0.25) is 0 Å². The molecule has 0 aromatic heterocycles. The van der Waals surface area contributed by atoms with E-state index in [1.165, 1.54) is 5.56 Å². The summed E-state index contributed by atoms with van der Waals surface area (Å²) in [6, 6.07) is 6.01. The minimum Gasteiger partial charge on any atom is -0.497 e. The molecule has 0 saturated carbocycles. The molecule has 1 N–H and O–H groups in total. The van der Waals surface area contributed by atoms with Gasteiger partial charge in [-0.1, -0.05) is 19.9 Å². The van der Waals surface area contributed by atoms with Crippen molar-refractivity contribution >= 4 is 0 Å². The van der Waals surface area contributed by atoms with E-state index in [1.54, 1.807) is 7.11 Å². The van der Waals surface area contributed by atoms with Crippen molar-refractivity contribution in [1.82, 2.24) is 0 Å². The zero-order chi connectivity index (χ0) is 11.1. The van der Waals surface area contributed by atoms with Crippen LogP contribution in [0, 0.1) is 0 Å². The third kappa shape index (κ3) is 1.74. The third-order valence-electron chi connectivity index (χ3n) is 3.39. The van der Waals surface area contributed by atoms with Gasteiger partial charge >= 0.3 is 0 Å². The summed E-state index contributed by atoms with van der Waals surface area (Å²) in [6.45, 7) is 4.45. The van der Waals surface area contributed by atoms with Crippen LogP contribution in [0.15, 0.2) is 18.2 Å². The fraction of sp³-hybridized carbons (Fsp3) is 0.538. The SMILES string of the molecule is COc1ccc2c(c1)C(O)CCC2(C)C. The second-order valence-corrected chi connectivity index (χ2v) is 4.89. The molecular weight excluding hydrogens is 188 g/mol. The van der Waals surface area contributed by atoms with Crippen LogP contribution < -0.4 is 4.74 Å². The Morgan fingerprint density at radius 1 is 1.40 bits per heavy atom. The predicted molar refractivity (Wildman–Crippen MR) is 60.2 cm³/mol. The number of fused-ring (bicyclic) bond motifs is 1. The summed E-state index contributed by atoms with van der Waals surface area (Å²) in [4.78, 5) is 0. The molecule has 0 spiro atoms. The molecule has 0 bridgehead atoms. The second kappa shape index (κ2) is 3.53. The van der Waals surface area contributed by atoms with Crippen molar-refractivity contribution in [3.63, 3.8) is 0 Å². The van der Waals surface area contributed by atoms with Gasteiger partial charge in [0.15, 0.2) is 0 Å². The lowest BCUT2D eigenvalue weighted by Gasteiger charge is -2.35. The van der Waals surface area contributed by atoms with Crippen LogP contribution in [0.5, 0.6) is 5.75 Å². The first-order valence-electron chi connectivity index (χ1n) is 5.41. The predicted octanol–water partition coefficient (Wildman–Crippen LogP) is 2.80. The van der Waals surface area contributed by atoms with Crippen LogP contribution >= 0.6 is 0 Å². The van der Waals surface area contributed by atoms with Gasteiger partial charge in [-0.2, -0.15) is 0 Å². The van der Waals surface area contributed by atoms with Gasteiger partial charge in [0.1, 0.15) is 5.75 Å². The Kier molecular flexibility index (Phi) is 2.47. The van der Waals surface area contributed by atoms with E-state index in [4.69, 9.17) is 4.74 Å². The molecule has 0 fully saturated rings. The van der Waals surface area contributed by atoms with Gasteiger partial charge in [0.05, 0.1) is 13.2 Å². The number of ether oxygens (including phenoxy) is 1. The number of benzene rings is 1. The highest BCUT2D eigenvalue weighted by atomic mass is 16.5. The maximum atomic E-state index is 9.96. The maximum absolute atomic E-state index is 9.96. The van der Waals surface area contributed by atoms with Gasteiger partial charge in [-0.25, -0.2) is 0 Å². The average molecular weight is 206 g/mol. The summed E-state index contributed by atoms with van der Waals surface area (Å²) in [5, 5.41) is 9.96. The Morgan fingerprint density at radius 2 is 2.13 bits per heavy atom. The van der Waals surface area contributed by atoms with E-state index in [1.807, 2.05) is 12.1 Å². The van der Waals surface area contributed by atoms with Gasteiger partial charge in [0.2, 0.25) is 0 Å². The smallest absolute Gasteiger partial charge is 0.119 e. The van der Waals surface area contributed by atoms with Crippen LogP contribution in [0.25, 0.3) is 0 Å². The molecule has 1 aliphatic rings. The summed E-state index contributed by atoms with van der Waals surface area (Å²) < 4.78 is 5.19. The lowest BCUT2D eigenvalue weighted by molar-refractivity contribution is 0.139. The largest absolute Gasteiger partial charge is 0.497 e. The van der Waals surface area contributed by atoms with Gasteiger partial charge in [-0.15, -0.1) is 0 Å². The molecule has 1 atom stereocenters. The normalized spacial score (nSPS) is 23.3. The molecule has 82 valence electrons. The molecule has 2 heteroatoms. The fourth-order valence-corrected chi connectivity index (χ4v) is 2.35. The average Bonchev–Trinajstić information content (AvgIpc) is 2.23. The zero-order valence-corrected chi connectivity index (χ0v) is 9.58. The second-order valence-electron chi connectivity index (χ2n) is 4.89. The third-order valence-corrected chi connectivity index (χ3v) is 3.39. The quantitative estimate of drug-likeness (QED) is 0.765. The molecule has 1 aliphatic carbocycles. The summed E-state index contributed by atoms with van der Waals surface area (Å²) >= 11 is 0. The van der Waals surface area contributed by atoms with Gasteiger partial charge in [-0.05, 0) is 41.5 Å². The van der Waals surface area contributed by atoms with Gasteiger partial charge < -0.3 is 9.84 Å². The Balaban J connectivity index is 2.52. The molecule has 2 rings (SSSR count). The summed E-state index contributed by atoms with van der Waals surface area (Å²) in [7, 11) is 1.65. The fourth-order valence-electron chi connectivity index (χ4n) is 2.35. The summed E-state index contributed by atoms with van der Waals surface area (Å²) in [5.74, 6) is 0.825. The topological polar surface area (TPSA) is 29.5 Å². The van der Waals surface area contributed by atoms with E-state index < -0.39 is 0 Å². The first-order chi connectivity index (χ1) is 7.04. The van der Waals surface area contributed by atoms with Crippen molar-refractivity contribution < 1.29 is 9.84 Å². The Bertz CT molecular complexity index is 369. The van der Waals surface area contributed by atoms with Crippen LogP contribution in [-0.4, -0.2) is 12.2 Å². The zero-order valence-electron chi connectivity index (χ0n) is 9.58. The van der Waals surface area contributed by atoms with Crippen molar-refractivity contribution in [2.24, 2.45) is 0 Å². The molecular formula is C13H18O2. The van der Waals surface area contributed by atoms with E-state index in [2.05, 4.69) is 19.9 Å². The molecule has 2 nitrogen and oxygen atoms in total. The van der Waals surface area contributed by atoms with Crippen LogP contribution in [0.4, 0.5) is 0 Å². The molecule has 0 amide bonds. The van der Waals surface area contributed by atoms with E-state index in [9.17, 15) is 5.11 Å². The molecule has 0 heterocycles. The number of hydrogen-bond donors (Lipinski definition) is 1. The van der Waals surface area contributed by atoms with Gasteiger partial charge in [0, 0.05) is 0 Å². The van der Waals surface area contributed by atoms with Crippen LogP contribution in [-0.2, 0) is 5.41 Å². The molecule has 15 heavy (non-hydrogen) atoms. The van der Waals surface area contributed by atoms with Crippen molar-refractivity contribution in [2.45, 2.75) is 38.2 Å². The number of hydrogen-bond acceptors (Lipinski definition) is 2. The molecule has 0 saturated heterocycles. The van der Waals surface area contributed by atoms with E-state index in [0.29, 0.717) is 0 Å². The lowest BCUT2D eigenvalue weighted by atomic mass is 9.72. The number of methoxy groups -OCH3 is 1. The minimum absolute atomic E-state index is 0.167. The molecule has 1 aromatic rings. The Hall–Kier alpha value is -1.02. The van der Waals surface area contributed by atoms with Crippen molar-refractivity contribution in [3.05, 3.63) is 29.3 Å². The monoisotopic (exact) mass is 206 g/mol. The highest BCUT2D eigenvalue weighted by Gasteiger charge is 2.31. The van der Waals surface area contributed by atoms with Crippen LogP contribution in [0.1, 0.15) is 43.9 Å². The maximum Gasteiger partial charge on any atom is 0.119 e. The summed E-state index contributed by atoms with van der Waals surface area (Å²) in [6.07, 6.45) is 1.55. The van der Waals surface area contributed by atoms with E-state index in [0.717, 1.165) is 24.2 Å². The first kappa shape index (κ1) is 10.5. The Morgan fingerprint density at radius 3 is 2.80 bits per heavy atom. The Labute approximate surface area is 90.9 Å². The lowest BCUT2D eigenvalue weighted by Crippen LogP contribution is -2.26. The molecule has 0 radical (unpaired) electrons. The van der Waals surface area contributed by atoms with Gasteiger partial charge in [0.25, 0.3) is 0 Å². The van der Waals surface area contributed by atoms with Crippen molar-refractivity contribution in [3.8, 4) is 5.75 Å². The summed E-state index contributed by atoms with van der Waals surface area (Å²) in [5.41, 5.74) is 2.45. The number of aliphatic hydroxyl groups is 1. The molecule has 0 aliphatic heterocycles. The van der Waals surface area contributed by atoms with Crippen molar-refractivity contribution in [1.29, 1.82) is 0 Å². The van der Waals surface area contributed by atoms with E-state index >= 15 is 0 Å². The molecule has 1 aromatic carbocycles. The van der Waals surface area contributed by atoms with Crippen LogP contribution in [0.2, 0.25) is 0 Å². The molecule has 1 unspecified atom stereocenters. The number of aliphatic hydroxyl groups excluding tert-OH is 1. The number of rotatable bonds is 1. The highest BCUT2D eigenvalue weighted by molar-refractivity contribution is 5.42. The minimum atomic E-state index is -0.330.